The summed E-state index contributed by atoms with van der Waals surface area (Å²) in [6.45, 7) is 2.36. The van der Waals surface area contributed by atoms with Crippen LogP contribution in [0, 0.1) is 5.92 Å². The van der Waals surface area contributed by atoms with E-state index in [1.165, 1.54) is 49.9 Å². The number of fused-ring (bicyclic) bond motifs is 6. The van der Waals surface area contributed by atoms with Crippen LogP contribution in [0.15, 0.2) is 78.9 Å². The molecule has 0 saturated carbocycles. The predicted molar refractivity (Wildman–Crippen MR) is 120 cm³/mol. The first kappa shape index (κ1) is 16.2. The Balaban J connectivity index is 1.79. The molecule has 0 heterocycles. The first-order valence-electron chi connectivity index (χ1n) is 9.88. The summed E-state index contributed by atoms with van der Waals surface area (Å²) in [5, 5.41) is 3.29. The van der Waals surface area contributed by atoms with Crippen LogP contribution in [-0.4, -0.2) is 0 Å². The molecule has 28 heavy (non-hydrogen) atoms. The smallest absolute Gasteiger partial charge is 0.0487 e. The van der Waals surface area contributed by atoms with Crippen LogP contribution in [-0.2, 0) is 6.42 Å². The van der Waals surface area contributed by atoms with Gasteiger partial charge in [0.15, 0.2) is 0 Å². The van der Waals surface area contributed by atoms with E-state index >= 15 is 0 Å². The van der Waals surface area contributed by atoms with Crippen LogP contribution < -0.4 is 0 Å². The fourth-order valence-electron chi connectivity index (χ4n) is 5.22. The number of allylic oxidation sites excluding steroid dienone is 1. The summed E-state index contributed by atoms with van der Waals surface area (Å²) in [7, 11) is 0. The largest absolute Gasteiger partial charge is 0.0837 e. The Bertz CT molecular complexity index is 1260. The maximum absolute atomic E-state index is 6.64. The average molecular weight is 379 g/mol. The third-order valence-electron chi connectivity index (χ3n) is 6.32. The number of hydrogen-bond acceptors (Lipinski definition) is 0. The van der Waals surface area contributed by atoms with Crippen LogP contribution >= 0.6 is 11.6 Å². The van der Waals surface area contributed by atoms with Crippen molar-refractivity contribution in [2.75, 3.05) is 0 Å². The lowest BCUT2D eigenvalue weighted by atomic mass is 9.88. The summed E-state index contributed by atoms with van der Waals surface area (Å²) in [5.41, 5.74) is 11.1. The van der Waals surface area contributed by atoms with Crippen molar-refractivity contribution in [2.24, 2.45) is 5.92 Å². The van der Waals surface area contributed by atoms with Crippen molar-refractivity contribution in [3.8, 4) is 11.1 Å². The summed E-state index contributed by atoms with van der Waals surface area (Å²) in [4.78, 5) is 0. The lowest BCUT2D eigenvalue weighted by Gasteiger charge is -2.16. The van der Waals surface area contributed by atoms with Gasteiger partial charge in [-0.05, 0) is 68.3 Å². The molecule has 2 aliphatic carbocycles. The Morgan fingerprint density at radius 1 is 0.714 bits per heavy atom. The second-order valence-corrected chi connectivity index (χ2v) is 8.33. The SMILES string of the molecule is C[C@H]1Cc2cc(Cl)c3ccccc3c2C1=C1c2ccccc2-c2ccccc21. The Morgan fingerprint density at radius 3 is 1.89 bits per heavy atom. The van der Waals surface area contributed by atoms with E-state index in [-0.39, 0.29) is 0 Å². The molecule has 0 saturated heterocycles. The highest BCUT2D eigenvalue weighted by atomic mass is 35.5. The highest BCUT2D eigenvalue weighted by Gasteiger charge is 2.33. The molecule has 6 rings (SSSR count). The number of benzene rings is 4. The summed E-state index contributed by atoms with van der Waals surface area (Å²) in [6.07, 6.45) is 1.04. The number of rotatable bonds is 0. The molecule has 0 spiro atoms. The molecule has 0 N–H and O–H groups in total. The van der Waals surface area contributed by atoms with Gasteiger partial charge in [0.1, 0.15) is 0 Å². The van der Waals surface area contributed by atoms with Crippen molar-refractivity contribution in [1.29, 1.82) is 0 Å². The molecule has 1 heteroatoms. The van der Waals surface area contributed by atoms with Crippen LogP contribution in [0.4, 0.5) is 0 Å². The monoisotopic (exact) mass is 378 g/mol. The summed E-state index contributed by atoms with van der Waals surface area (Å²) >= 11 is 6.64. The summed E-state index contributed by atoms with van der Waals surface area (Å²) < 4.78 is 0. The standard InChI is InChI=1S/C27H19Cl/c1-16-14-17-15-24(28)20-10-4-7-13-23(20)26(17)25(16)27-21-11-5-2-8-18(21)19-9-3-6-12-22(19)27/h2-13,15-16H,14H2,1H3/t16-/m0/s1. The van der Waals surface area contributed by atoms with Crippen molar-refractivity contribution in [3.63, 3.8) is 0 Å². The second-order valence-electron chi connectivity index (χ2n) is 7.92. The van der Waals surface area contributed by atoms with Gasteiger partial charge in [0, 0.05) is 10.4 Å². The van der Waals surface area contributed by atoms with E-state index in [1.54, 1.807) is 0 Å². The van der Waals surface area contributed by atoms with E-state index in [4.69, 9.17) is 11.6 Å². The normalized spacial score (nSPS) is 17.0. The van der Waals surface area contributed by atoms with Crippen LogP contribution in [0.1, 0.15) is 29.2 Å². The van der Waals surface area contributed by atoms with Crippen molar-refractivity contribution >= 4 is 33.5 Å². The van der Waals surface area contributed by atoms with Gasteiger partial charge in [-0.3, -0.25) is 0 Å². The molecule has 0 nitrogen and oxygen atoms in total. The minimum Gasteiger partial charge on any atom is -0.0837 e. The van der Waals surface area contributed by atoms with Crippen molar-refractivity contribution < 1.29 is 0 Å². The van der Waals surface area contributed by atoms with Gasteiger partial charge in [-0.15, -0.1) is 0 Å². The van der Waals surface area contributed by atoms with E-state index in [2.05, 4.69) is 85.8 Å². The molecule has 2 aliphatic rings. The van der Waals surface area contributed by atoms with Crippen LogP contribution in [0.5, 0.6) is 0 Å². The van der Waals surface area contributed by atoms with Gasteiger partial charge in [0.2, 0.25) is 0 Å². The lowest BCUT2D eigenvalue weighted by molar-refractivity contribution is 0.782. The average Bonchev–Trinajstić information content (AvgIpc) is 3.22. The molecule has 0 unspecified atom stereocenters. The van der Waals surface area contributed by atoms with Gasteiger partial charge in [-0.2, -0.15) is 0 Å². The Morgan fingerprint density at radius 2 is 1.25 bits per heavy atom. The zero-order valence-corrected chi connectivity index (χ0v) is 16.4. The van der Waals surface area contributed by atoms with Crippen LogP contribution in [0.2, 0.25) is 5.02 Å². The van der Waals surface area contributed by atoms with Crippen molar-refractivity contribution in [2.45, 2.75) is 13.3 Å². The quantitative estimate of drug-likeness (QED) is 0.260. The van der Waals surface area contributed by atoms with E-state index in [9.17, 15) is 0 Å². The Kier molecular flexibility index (Phi) is 3.36. The third-order valence-corrected chi connectivity index (χ3v) is 6.63. The van der Waals surface area contributed by atoms with Crippen LogP contribution in [0.25, 0.3) is 33.0 Å². The van der Waals surface area contributed by atoms with E-state index in [0.29, 0.717) is 5.92 Å². The molecule has 0 aromatic heterocycles. The maximum atomic E-state index is 6.64. The van der Waals surface area contributed by atoms with Crippen LogP contribution in [0.3, 0.4) is 0 Å². The van der Waals surface area contributed by atoms with Gasteiger partial charge < -0.3 is 0 Å². The van der Waals surface area contributed by atoms with E-state index in [0.717, 1.165) is 16.8 Å². The van der Waals surface area contributed by atoms with E-state index in [1.807, 2.05) is 0 Å². The van der Waals surface area contributed by atoms with Gasteiger partial charge in [0.25, 0.3) is 0 Å². The van der Waals surface area contributed by atoms with Gasteiger partial charge in [-0.25, -0.2) is 0 Å². The van der Waals surface area contributed by atoms with Gasteiger partial charge >= 0.3 is 0 Å². The molecular weight excluding hydrogens is 360 g/mol. The lowest BCUT2D eigenvalue weighted by Crippen LogP contribution is -1.96. The molecule has 0 aliphatic heterocycles. The third kappa shape index (κ3) is 2.07. The molecule has 1 atom stereocenters. The van der Waals surface area contributed by atoms with E-state index < -0.39 is 0 Å². The maximum Gasteiger partial charge on any atom is 0.0487 e. The highest BCUT2D eigenvalue weighted by Crippen LogP contribution is 2.53. The molecule has 0 bridgehead atoms. The second kappa shape index (κ2) is 5.83. The highest BCUT2D eigenvalue weighted by molar-refractivity contribution is 6.36. The molecule has 0 amide bonds. The number of halogens is 1. The minimum absolute atomic E-state index is 0.464. The molecule has 134 valence electrons. The Labute approximate surface area is 170 Å². The molecular formula is C27H19Cl. The van der Waals surface area contributed by atoms with Gasteiger partial charge in [-0.1, -0.05) is 91.3 Å². The summed E-state index contributed by atoms with van der Waals surface area (Å²) in [6, 6.07) is 28.4. The molecule has 0 fully saturated rings. The molecule has 4 aromatic carbocycles. The molecule has 4 aromatic rings. The predicted octanol–water partition coefficient (Wildman–Crippen LogP) is 7.62. The zero-order valence-electron chi connectivity index (χ0n) is 15.7. The van der Waals surface area contributed by atoms with Crippen molar-refractivity contribution in [1.82, 2.24) is 0 Å². The first-order valence-corrected chi connectivity index (χ1v) is 10.3. The number of hydrogen-bond donors (Lipinski definition) is 0. The fourth-order valence-corrected chi connectivity index (χ4v) is 5.52. The Hall–Kier alpha value is -2.83. The zero-order chi connectivity index (χ0) is 18.8. The minimum atomic E-state index is 0.464. The molecule has 0 radical (unpaired) electrons. The summed E-state index contributed by atoms with van der Waals surface area (Å²) in [5.74, 6) is 0.464. The fraction of sp³-hybridized carbons (Fsp3) is 0.111. The van der Waals surface area contributed by atoms with Gasteiger partial charge in [0.05, 0.1) is 0 Å². The first-order chi connectivity index (χ1) is 13.7. The topological polar surface area (TPSA) is 0 Å². The van der Waals surface area contributed by atoms with Crippen molar-refractivity contribution in [3.05, 3.63) is 106 Å².